The summed E-state index contributed by atoms with van der Waals surface area (Å²) in [6.07, 6.45) is 0.0532. The number of hydrogen-bond acceptors (Lipinski definition) is 4. The van der Waals surface area contributed by atoms with Gasteiger partial charge in [0.1, 0.15) is 0 Å². The van der Waals surface area contributed by atoms with E-state index in [1.807, 2.05) is 20.8 Å². The third-order valence-electron chi connectivity index (χ3n) is 2.68. The Morgan fingerprint density at radius 2 is 1.82 bits per heavy atom. The molecule has 0 radical (unpaired) electrons. The van der Waals surface area contributed by atoms with Gasteiger partial charge in [-0.3, -0.25) is 14.4 Å². The summed E-state index contributed by atoms with van der Waals surface area (Å²) >= 11 is 0. The molecular weight excluding hydrogens is 284 g/mol. The second-order valence-electron chi connectivity index (χ2n) is 5.91. The largest absolute Gasteiger partial charge is 0.469 e. The minimum Gasteiger partial charge on any atom is -0.469 e. The van der Waals surface area contributed by atoms with Gasteiger partial charge in [-0.1, -0.05) is 6.07 Å². The van der Waals surface area contributed by atoms with Crippen LogP contribution in [0.4, 0.5) is 5.69 Å². The van der Waals surface area contributed by atoms with E-state index in [0.29, 0.717) is 11.3 Å². The number of methoxy groups -OCH3 is 1. The van der Waals surface area contributed by atoms with E-state index >= 15 is 0 Å². The lowest BCUT2D eigenvalue weighted by Crippen LogP contribution is -2.40. The molecule has 22 heavy (non-hydrogen) atoms. The van der Waals surface area contributed by atoms with E-state index in [1.165, 1.54) is 7.11 Å². The number of anilines is 1. The lowest BCUT2D eigenvalue weighted by atomic mass is 10.1. The second-order valence-corrected chi connectivity index (χ2v) is 5.91. The minimum atomic E-state index is -0.437. The number of esters is 1. The predicted molar refractivity (Wildman–Crippen MR) is 83.5 cm³/mol. The molecule has 0 fully saturated rings. The molecule has 0 aromatic heterocycles. The van der Waals surface area contributed by atoms with E-state index in [2.05, 4.69) is 15.4 Å². The number of amides is 2. The van der Waals surface area contributed by atoms with Gasteiger partial charge in [0.15, 0.2) is 0 Å². The van der Waals surface area contributed by atoms with Crippen LogP contribution in [0.3, 0.4) is 0 Å². The highest BCUT2D eigenvalue weighted by Gasteiger charge is 2.15. The number of rotatable bonds is 5. The average Bonchev–Trinajstić information content (AvgIpc) is 2.43. The molecule has 0 unspecified atom stereocenters. The van der Waals surface area contributed by atoms with E-state index in [1.54, 1.807) is 24.3 Å². The van der Waals surface area contributed by atoms with E-state index in [-0.39, 0.29) is 30.2 Å². The van der Waals surface area contributed by atoms with Gasteiger partial charge in [-0.25, -0.2) is 0 Å². The van der Waals surface area contributed by atoms with Crippen molar-refractivity contribution in [2.75, 3.05) is 12.4 Å². The molecule has 0 aliphatic carbocycles. The van der Waals surface area contributed by atoms with E-state index in [4.69, 9.17) is 0 Å². The molecule has 0 saturated carbocycles. The maximum Gasteiger partial charge on any atom is 0.306 e. The first-order chi connectivity index (χ1) is 10.2. The summed E-state index contributed by atoms with van der Waals surface area (Å²) in [6, 6.07) is 6.64. The van der Waals surface area contributed by atoms with Gasteiger partial charge in [0.05, 0.1) is 13.5 Å². The van der Waals surface area contributed by atoms with Gasteiger partial charge in [0.2, 0.25) is 5.91 Å². The standard InChI is InChI=1S/C16H22N2O4/c1-16(2,3)18-15(21)11-6-5-7-12(10-11)17-13(19)8-9-14(20)22-4/h5-7,10H,8-9H2,1-4H3,(H,17,19)(H,18,21). The zero-order valence-electron chi connectivity index (χ0n) is 13.4. The third kappa shape index (κ3) is 6.39. The molecule has 1 rings (SSSR count). The van der Waals surface area contributed by atoms with Crippen LogP contribution in [-0.4, -0.2) is 30.4 Å². The van der Waals surface area contributed by atoms with Crippen LogP contribution in [0.1, 0.15) is 44.0 Å². The van der Waals surface area contributed by atoms with Crippen molar-refractivity contribution < 1.29 is 19.1 Å². The summed E-state index contributed by atoms with van der Waals surface area (Å²) in [5, 5.41) is 5.50. The molecule has 0 aliphatic heterocycles. The van der Waals surface area contributed by atoms with Crippen molar-refractivity contribution >= 4 is 23.5 Å². The van der Waals surface area contributed by atoms with Crippen molar-refractivity contribution in [2.45, 2.75) is 39.2 Å². The Balaban J connectivity index is 2.66. The number of carbonyl (C=O) groups excluding carboxylic acids is 3. The van der Waals surface area contributed by atoms with Crippen LogP contribution in [0.15, 0.2) is 24.3 Å². The van der Waals surface area contributed by atoms with Gasteiger partial charge >= 0.3 is 5.97 Å². The zero-order chi connectivity index (χ0) is 16.8. The van der Waals surface area contributed by atoms with Crippen LogP contribution in [0.5, 0.6) is 0 Å². The van der Waals surface area contributed by atoms with Gasteiger partial charge in [-0.15, -0.1) is 0 Å². The Morgan fingerprint density at radius 1 is 1.14 bits per heavy atom. The first kappa shape index (κ1) is 17.7. The van der Waals surface area contributed by atoms with E-state index in [9.17, 15) is 14.4 Å². The van der Waals surface area contributed by atoms with Crippen molar-refractivity contribution in [3.05, 3.63) is 29.8 Å². The lowest BCUT2D eigenvalue weighted by molar-refractivity contribution is -0.141. The Morgan fingerprint density at radius 3 is 2.41 bits per heavy atom. The van der Waals surface area contributed by atoms with Gasteiger partial charge in [0.25, 0.3) is 5.91 Å². The maximum atomic E-state index is 12.1. The van der Waals surface area contributed by atoms with Crippen molar-refractivity contribution in [1.29, 1.82) is 0 Å². The average molecular weight is 306 g/mol. The maximum absolute atomic E-state index is 12.1. The molecule has 0 heterocycles. The molecule has 0 aliphatic rings. The van der Waals surface area contributed by atoms with Crippen LogP contribution >= 0.6 is 0 Å². The van der Waals surface area contributed by atoms with Gasteiger partial charge in [-0.05, 0) is 39.0 Å². The SMILES string of the molecule is COC(=O)CCC(=O)Nc1cccc(C(=O)NC(C)(C)C)c1. The van der Waals surface area contributed by atoms with Crippen molar-refractivity contribution in [1.82, 2.24) is 5.32 Å². The van der Waals surface area contributed by atoms with Crippen molar-refractivity contribution in [3.8, 4) is 0 Å². The van der Waals surface area contributed by atoms with Gasteiger partial charge in [-0.2, -0.15) is 0 Å². The summed E-state index contributed by atoms with van der Waals surface area (Å²) in [5.41, 5.74) is 0.633. The van der Waals surface area contributed by atoms with Crippen LogP contribution in [0.25, 0.3) is 0 Å². The molecule has 120 valence electrons. The van der Waals surface area contributed by atoms with Crippen molar-refractivity contribution in [3.63, 3.8) is 0 Å². The highest BCUT2D eigenvalue weighted by molar-refractivity contribution is 5.97. The molecule has 1 aromatic rings. The van der Waals surface area contributed by atoms with Crippen LogP contribution in [0.2, 0.25) is 0 Å². The number of ether oxygens (including phenoxy) is 1. The number of carbonyl (C=O) groups is 3. The fourth-order valence-electron chi connectivity index (χ4n) is 1.69. The van der Waals surface area contributed by atoms with Crippen LogP contribution in [-0.2, 0) is 14.3 Å². The van der Waals surface area contributed by atoms with Crippen LogP contribution < -0.4 is 10.6 Å². The number of nitrogens with one attached hydrogen (secondary N) is 2. The summed E-state index contributed by atoms with van der Waals surface area (Å²) in [6.45, 7) is 5.68. The fraction of sp³-hybridized carbons (Fsp3) is 0.438. The second kappa shape index (κ2) is 7.59. The summed E-state index contributed by atoms with van der Waals surface area (Å²) < 4.78 is 4.48. The normalized spacial score (nSPS) is 10.7. The van der Waals surface area contributed by atoms with Crippen molar-refractivity contribution in [2.24, 2.45) is 0 Å². The zero-order valence-corrected chi connectivity index (χ0v) is 13.4. The molecule has 0 saturated heterocycles. The summed E-state index contributed by atoms with van der Waals surface area (Å²) in [5.74, 6) is -0.953. The molecule has 1 aromatic carbocycles. The first-order valence-corrected chi connectivity index (χ1v) is 7.00. The molecule has 6 nitrogen and oxygen atoms in total. The van der Waals surface area contributed by atoms with Crippen LogP contribution in [0, 0.1) is 0 Å². The summed E-state index contributed by atoms with van der Waals surface area (Å²) in [4.78, 5) is 34.8. The predicted octanol–water partition coefficient (Wildman–Crippen LogP) is 2.11. The topological polar surface area (TPSA) is 84.5 Å². The molecule has 0 spiro atoms. The molecule has 2 amide bonds. The Hall–Kier alpha value is -2.37. The highest BCUT2D eigenvalue weighted by Crippen LogP contribution is 2.12. The number of benzene rings is 1. The van der Waals surface area contributed by atoms with Gasteiger partial charge < -0.3 is 15.4 Å². The Kier molecular flexibility index (Phi) is 6.10. The highest BCUT2D eigenvalue weighted by atomic mass is 16.5. The van der Waals surface area contributed by atoms with Gasteiger partial charge in [0, 0.05) is 23.2 Å². The molecule has 2 N–H and O–H groups in total. The quantitative estimate of drug-likeness (QED) is 0.816. The molecule has 0 bridgehead atoms. The van der Waals surface area contributed by atoms with E-state index in [0.717, 1.165) is 0 Å². The summed E-state index contributed by atoms with van der Waals surface area (Å²) in [7, 11) is 1.28. The smallest absolute Gasteiger partial charge is 0.306 e. The van der Waals surface area contributed by atoms with E-state index < -0.39 is 5.97 Å². The fourth-order valence-corrected chi connectivity index (χ4v) is 1.69. The first-order valence-electron chi connectivity index (χ1n) is 7.00. The molecule has 0 atom stereocenters. The number of hydrogen-bond donors (Lipinski definition) is 2. The molecule has 6 heteroatoms. The molecular formula is C16H22N2O4. The lowest BCUT2D eigenvalue weighted by Gasteiger charge is -2.20. The minimum absolute atomic E-state index is 0.0204. The Bertz CT molecular complexity index is 562. The monoisotopic (exact) mass is 306 g/mol. The third-order valence-corrected chi connectivity index (χ3v) is 2.68. The Labute approximate surface area is 130 Å².